The maximum Gasteiger partial charge on any atom is 0.412 e. The molecule has 33 heavy (non-hydrogen) atoms. The molecule has 1 heterocycles. The first-order valence-electron chi connectivity index (χ1n) is 10.3. The predicted molar refractivity (Wildman–Crippen MR) is 122 cm³/mol. The van der Waals surface area contributed by atoms with Gasteiger partial charge in [0.2, 0.25) is 10.0 Å². The van der Waals surface area contributed by atoms with Gasteiger partial charge >= 0.3 is 6.09 Å². The number of nitrogens with zero attached hydrogens (tertiary/aromatic N) is 1. The fourth-order valence-electron chi connectivity index (χ4n) is 3.62. The molecule has 1 aliphatic heterocycles. The van der Waals surface area contributed by atoms with Crippen LogP contribution in [0.15, 0.2) is 48.5 Å². The average Bonchev–Trinajstić information content (AvgIpc) is 2.82. The van der Waals surface area contributed by atoms with E-state index >= 15 is 0 Å². The van der Waals surface area contributed by atoms with Crippen molar-refractivity contribution in [3.8, 4) is 11.8 Å². The van der Waals surface area contributed by atoms with Crippen LogP contribution in [-0.4, -0.2) is 48.8 Å². The minimum atomic E-state index is -3.81. The number of carbonyl (C=O) groups excluding carboxylic acids is 2. The summed E-state index contributed by atoms with van der Waals surface area (Å²) in [6, 6.07) is 12.7. The summed E-state index contributed by atoms with van der Waals surface area (Å²) in [5.41, 5.74) is 4.28. The van der Waals surface area contributed by atoms with Crippen LogP contribution in [0.25, 0.3) is 0 Å². The van der Waals surface area contributed by atoms with Gasteiger partial charge in [-0.2, -0.15) is 4.31 Å². The molecular formula is C23H25N3O6S. The van der Waals surface area contributed by atoms with Crippen LogP contribution < -0.4 is 10.8 Å². The monoisotopic (exact) mass is 471 g/mol. The highest BCUT2D eigenvalue weighted by molar-refractivity contribution is 7.89. The van der Waals surface area contributed by atoms with Gasteiger partial charge in [-0.15, -0.1) is 5.92 Å². The number of hydroxylamine groups is 1. The first-order chi connectivity index (χ1) is 15.9. The zero-order valence-corrected chi connectivity index (χ0v) is 18.9. The van der Waals surface area contributed by atoms with E-state index in [2.05, 4.69) is 17.2 Å². The minimum absolute atomic E-state index is 0.00541. The highest BCUT2D eigenvalue weighted by Gasteiger charge is 2.39. The second-order valence-electron chi connectivity index (χ2n) is 7.33. The number of amides is 2. The van der Waals surface area contributed by atoms with Crippen LogP contribution >= 0.6 is 0 Å². The van der Waals surface area contributed by atoms with Gasteiger partial charge in [0.25, 0.3) is 5.91 Å². The van der Waals surface area contributed by atoms with Crippen molar-refractivity contribution in [2.75, 3.05) is 24.2 Å². The predicted octanol–water partition coefficient (Wildman–Crippen LogP) is 2.24. The van der Waals surface area contributed by atoms with Crippen molar-refractivity contribution in [1.82, 2.24) is 9.79 Å². The molecule has 0 saturated heterocycles. The van der Waals surface area contributed by atoms with E-state index in [0.717, 1.165) is 15.4 Å². The summed E-state index contributed by atoms with van der Waals surface area (Å²) in [7, 11) is -3.81. The van der Waals surface area contributed by atoms with Crippen LogP contribution in [0, 0.1) is 11.8 Å². The number of nitrogens with one attached hydrogen (secondary N) is 2. The van der Waals surface area contributed by atoms with E-state index in [9.17, 15) is 23.2 Å². The number of hydrogen-bond donors (Lipinski definition) is 3. The number of hydrogen-bond acceptors (Lipinski definition) is 6. The van der Waals surface area contributed by atoms with E-state index in [-0.39, 0.29) is 25.3 Å². The molecule has 0 radical (unpaired) electrons. The molecule has 3 N–H and O–H groups in total. The van der Waals surface area contributed by atoms with Gasteiger partial charge < -0.3 is 4.74 Å². The summed E-state index contributed by atoms with van der Waals surface area (Å²) in [5, 5.41) is 11.7. The van der Waals surface area contributed by atoms with Gasteiger partial charge in [0.05, 0.1) is 5.75 Å². The highest BCUT2D eigenvalue weighted by Crippen LogP contribution is 2.32. The molecule has 1 aliphatic rings. The number of sulfonamides is 1. The number of carbonyl (C=O) groups is 2. The summed E-state index contributed by atoms with van der Waals surface area (Å²) < 4.78 is 32.3. The fraction of sp³-hybridized carbons (Fsp3) is 0.304. The third kappa shape index (κ3) is 6.10. The molecule has 1 atom stereocenters. The van der Waals surface area contributed by atoms with Crippen molar-refractivity contribution < 1.29 is 28.0 Å². The highest BCUT2D eigenvalue weighted by atomic mass is 32.2. The van der Waals surface area contributed by atoms with Crippen LogP contribution in [-0.2, 0) is 32.4 Å². The number of rotatable bonds is 7. The molecule has 2 aromatic rings. The maximum atomic E-state index is 13.1. The van der Waals surface area contributed by atoms with Crippen molar-refractivity contribution in [1.29, 1.82) is 0 Å². The summed E-state index contributed by atoms with van der Waals surface area (Å²) >= 11 is 0. The second-order valence-corrected chi connectivity index (χ2v) is 9.37. The van der Waals surface area contributed by atoms with Crippen LogP contribution in [0.1, 0.15) is 29.7 Å². The zero-order valence-electron chi connectivity index (χ0n) is 18.1. The smallest absolute Gasteiger partial charge is 0.412 e. The Morgan fingerprint density at radius 3 is 2.61 bits per heavy atom. The van der Waals surface area contributed by atoms with Gasteiger partial charge in [0, 0.05) is 12.2 Å². The summed E-state index contributed by atoms with van der Waals surface area (Å²) in [4.78, 5) is 24.0. The first kappa shape index (κ1) is 24.3. The Hall–Kier alpha value is -3.39. The Balaban J connectivity index is 1.66. The van der Waals surface area contributed by atoms with Crippen molar-refractivity contribution >= 4 is 27.7 Å². The lowest BCUT2D eigenvalue weighted by atomic mass is 9.94. The second kappa shape index (κ2) is 11.0. The van der Waals surface area contributed by atoms with E-state index in [1.165, 1.54) is 0 Å². The largest absolute Gasteiger partial charge is 0.436 e. The molecule has 0 bridgehead atoms. The molecule has 0 aliphatic carbocycles. The number of ether oxygens (including phenoxy) is 1. The summed E-state index contributed by atoms with van der Waals surface area (Å²) in [6.07, 6.45) is 0.0574. The molecule has 0 spiro atoms. The van der Waals surface area contributed by atoms with Gasteiger partial charge in [-0.3, -0.25) is 15.3 Å². The third-order valence-corrected chi connectivity index (χ3v) is 7.08. The Labute approximate surface area is 192 Å². The average molecular weight is 472 g/mol. The number of aryl methyl sites for hydroxylation is 1. The van der Waals surface area contributed by atoms with E-state index in [4.69, 9.17) is 4.74 Å². The SMILES string of the molecule is CC#CCOC(=O)Nc1ccc(CCS(=O)(=O)N2CCc3ccccc3C2C(=O)NO)cc1. The summed E-state index contributed by atoms with van der Waals surface area (Å²) in [5.74, 6) is 4.23. The molecular weight excluding hydrogens is 446 g/mol. The van der Waals surface area contributed by atoms with E-state index in [1.807, 2.05) is 12.1 Å². The Bertz CT molecular complexity index is 1170. The Morgan fingerprint density at radius 2 is 1.91 bits per heavy atom. The molecule has 9 nitrogen and oxygen atoms in total. The molecule has 3 rings (SSSR count). The van der Waals surface area contributed by atoms with Gasteiger partial charge in [-0.1, -0.05) is 42.3 Å². The third-order valence-electron chi connectivity index (χ3n) is 5.26. The lowest BCUT2D eigenvalue weighted by Crippen LogP contribution is -2.47. The number of benzene rings is 2. The van der Waals surface area contributed by atoms with Crippen LogP contribution in [0.2, 0.25) is 0 Å². The van der Waals surface area contributed by atoms with E-state index in [0.29, 0.717) is 17.7 Å². The molecule has 0 fully saturated rings. The normalized spacial score (nSPS) is 15.5. The van der Waals surface area contributed by atoms with Crippen molar-refractivity contribution in [3.63, 3.8) is 0 Å². The van der Waals surface area contributed by atoms with Crippen molar-refractivity contribution in [2.45, 2.75) is 25.8 Å². The molecule has 2 aromatic carbocycles. The fourth-order valence-corrected chi connectivity index (χ4v) is 5.25. The van der Waals surface area contributed by atoms with E-state index < -0.39 is 28.1 Å². The lowest BCUT2D eigenvalue weighted by molar-refractivity contribution is -0.133. The standard InChI is InChI=1S/C23H25N3O6S/c1-2-3-15-32-23(28)24-19-10-8-17(9-11-19)13-16-33(30,31)26-14-12-18-6-4-5-7-20(18)21(26)22(27)25-29/h4-11,21,29H,12-16H2,1H3,(H,24,28)(H,25,27). The topological polar surface area (TPSA) is 125 Å². The van der Waals surface area contributed by atoms with Crippen molar-refractivity contribution in [2.24, 2.45) is 0 Å². The number of anilines is 1. The Kier molecular flexibility index (Phi) is 8.06. The molecule has 0 aromatic heterocycles. The summed E-state index contributed by atoms with van der Waals surface area (Å²) in [6.45, 7) is 1.78. The molecule has 10 heteroatoms. The maximum absolute atomic E-state index is 13.1. The molecule has 2 amide bonds. The van der Waals surface area contributed by atoms with Crippen LogP contribution in [0.5, 0.6) is 0 Å². The molecule has 1 unspecified atom stereocenters. The van der Waals surface area contributed by atoms with Gasteiger partial charge in [0.1, 0.15) is 6.04 Å². The van der Waals surface area contributed by atoms with Crippen LogP contribution in [0.4, 0.5) is 10.5 Å². The Morgan fingerprint density at radius 1 is 1.18 bits per heavy atom. The van der Waals surface area contributed by atoms with E-state index in [1.54, 1.807) is 48.8 Å². The van der Waals surface area contributed by atoms with Gasteiger partial charge in [0.15, 0.2) is 6.61 Å². The van der Waals surface area contributed by atoms with Gasteiger partial charge in [-0.05, 0) is 48.6 Å². The first-order valence-corrected chi connectivity index (χ1v) is 11.9. The lowest BCUT2D eigenvalue weighted by Gasteiger charge is -2.34. The van der Waals surface area contributed by atoms with Crippen LogP contribution in [0.3, 0.4) is 0 Å². The number of fused-ring (bicyclic) bond motifs is 1. The minimum Gasteiger partial charge on any atom is -0.436 e. The van der Waals surface area contributed by atoms with Gasteiger partial charge in [-0.25, -0.2) is 18.7 Å². The van der Waals surface area contributed by atoms with Crippen molar-refractivity contribution in [3.05, 3.63) is 65.2 Å². The molecule has 0 saturated carbocycles. The zero-order chi connectivity index (χ0) is 23.8. The quantitative estimate of drug-likeness (QED) is 0.323. The molecule has 174 valence electrons.